The molecule has 2 aliphatic rings. The van der Waals surface area contributed by atoms with Crippen LogP contribution in [-0.2, 0) is 20.2 Å². The molecule has 2 aromatic rings. The van der Waals surface area contributed by atoms with E-state index < -0.39 is 7.14 Å². The van der Waals surface area contributed by atoms with E-state index >= 15 is 0 Å². The van der Waals surface area contributed by atoms with Crippen molar-refractivity contribution in [2.45, 2.75) is 17.9 Å². The molecule has 0 bridgehead atoms. The number of rotatable bonds is 5. The van der Waals surface area contributed by atoms with Crippen molar-refractivity contribution >= 4 is 7.14 Å². The Morgan fingerprint density at radius 3 is 2.10 bits per heavy atom. The average Bonchev–Trinajstić information content (AvgIpc) is 3.41. The zero-order valence-corrected chi connectivity index (χ0v) is 12.5. The summed E-state index contributed by atoms with van der Waals surface area (Å²) >= 11 is 0. The van der Waals surface area contributed by atoms with E-state index in [-0.39, 0.29) is 11.7 Å². The van der Waals surface area contributed by atoms with E-state index in [0.29, 0.717) is 19.4 Å². The van der Waals surface area contributed by atoms with Gasteiger partial charge in [-0.1, -0.05) is 54.6 Å². The molecule has 0 amide bonds. The van der Waals surface area contributed by atoms with Crippen LogP contribution < -0.4 is 0 Å². The lowest BCUT2D eigenvalue weighted by Gasteiger charge is -2.16. The molecule has 21 heavy (non-hydrogen) atoms. The van der Waals surface area contributed by atoms with Gasteiger partial charge in [0.25, 0.3) is 0 Å². The second-order valence-electron chi connectivity index (χ2n) is 5.61. The summed E-state index contributed by atoms with van der Waals surface area (Å²) in [5.41, 5.74) is 3.44. The lowest BCUT2D eigenvalue weighted by molar-refractivity contribution is 0.421. The Morgan fingerprint density at radius 1 is 0.905 bits per heavy atom. The second-order valence-corrected chi connectivity index (χ2v) is 8.79. The van der Waals surface area contributed by atoms with Gasteiger partial charge >= 0.3 is 0 Å². The highest BCUT2D eigenvalue weighted by Gasteiger charge is 2.53. The van der Waals surface area contributed by atoms with E-state index in [4.69, 9.17) is 9.47 Å². The van der Waals surface area contributed by atoms with Crippen LogP contribution in [0.1, 0.15) is 5.56 Å². The molecule has 0 aromatic heterocycles. The van der Waals surface area contributed by atoms with Crippen LogP contribution >= 0.6 is 7.14 Å². The summed E-state index contributed by atoms with van der Waals surface area (Å²) in [4.78, 5) is 0. The Labute approximate surface area is 124 Å². The first-order valence-electron chi connectivity index (χ1n) is 7.22. The van der Waals surface area contributed by atoms with Gasteiger partial charge in [-0.3, -0.25) is 0 Å². The minimum Gasteiger partial charge on any atom is -0.365 e. The summed E-state index contributed by atoms with van der Waals surface area (Å²) in [5.74, 6) is -0.178. The molecule has 0 aliphatic carbocycles. The fourth-order valence-electron chi connectivity index (χ4n) is 2.80. The Kier molecular flexibility index (Phi) is 3.22. The molecule has 4 rings (SSSR count). The van der Waals surface area contributed by atoms with E-state index in [0.717, 1.165) is 16.7 Å². The van der Waals surface area contributed by atoms with Gasteiger partial charge in [0.05, 0.1) is 13.2 Å². The SMILES string of the molecule is O=P(Cc1ccccc1-c1ccccc1)(C1CO1)C1CO1. The predicted octanol–water partition coefficient (Wildman–Crippen LogP) is 3.93. The molecule has 2 atom stereocenters. The van der Waals surface area contributed by atoms with Gasteiger partial charge in [0.15, 0.2) is 7.14 Å². The quantitative estimate of drug-likeness (QED) is 0.620. The Bertz CT molecular complexity index is 674. The van der Waals surface area contributed by atoms with E-state index in [1.807, 2.05) is 30.3 Å². The highest BCUT2D eigenvalue weighted by atomic mass is 31.2. The van der Waals surface area contributed by atoms with Crippen LogP contribution in [0.3, 0.4) is 0 Å². The third-order valence-corrected chi connectivity index (χ3v) is 7.51. The number of epoxide rings is 2. The zero-order valence-electron chi connectivity index (χ0n) is 11.6. The molecule has 2 fully saturated rings. The normalized spacial score (nSPS) is 26.1. The third-order valence-electron chi connectivity index (χ3n) is 4.13. The summed E-state index contributed by atoms with van der Waals surface area (Å²) < 4.78 is 23.9. The number of hydrogen-bond donors (Lipinski definition) is 0. The molecule has 2 aliphatic heterocycles. The van der Waals surface area contributed by atoms with E-state index in [9.17, 15) is 4.57 Å². The van der Waals surface area contributed by atoms with Crippen LogP contribution in [-0.4, -0.2) is 24.9 Å². The first-order chi connectivity index (χ1) is 10.3. The molecule has 0 radical (unpaired) electrons. The summed E-state index contributed by atoms with van der Waals surface area (Å²) in [7, 11) is -2.45. The fraction of sp³-hybridized carbons (Fsp3) is 0.294. The van der Waals surface area contributed by atoms with Crippen molar-refractivity contribution in [1.82, 2.24) is 0 Å². The molecular weight excluding hydrogens is 283 g/mol. The molecule has 2 aromatic carbocycles. The number of benzene rings is 2. The summed E-state index contributed by atoms with van der Waals surface area (Å²) in [6, 6.07) is 18.4. The molecule has 2 saturated heterocycles. The fourth-order valence-corrected chi connectivity index (χ4v) is 5.57. The molecular formula is C17H17O3P. The van der Waals surface area contributed by atoms with E-state index in [2.05, 4.69) is 24.3 Å². The Morgan fingerprint density at radius 2 is 1.48 bits per heavy atom. The van der Waals surface area contributed by atoms with Crippen LogP contribution in [0.4, 0.5) is 0 Å². The molecule has 3 nitrogen and oxygen atoms in total. The second kappa shape index (κ2) is 5.10. The maximum absolute atomic E-state index is 13.2. The van der Waals surface area contributed by atoms with Crippen LogP contribution in [0.5, 0.6) is 0 Å². The van der Waals surface area contributed by atoms with Crippen molar-refractivity contribution in [3.63, 3.8) is 0 Å². The lowest BCUT2D eigenvalue weighted by atomic mass is 10.0. The number of ether oxygens (including phenoxy) is 2. The lowest BCUT2D eigenvalue weighted by Crippen LogP contribution is -2.03. The molecule has 4 heteroatoms. The van der Waals surface area contributed by atoms with Crippen LogP contribution in [0, 0.1) is 0 Å². The smallest absolute Gasteiger partial charge is 0.151 e. The Balaban J connectivity index is 1.71. The highest BCUT2D eigenvalue weighted by molar-refractivity contribution is 7.64. The first kappa shape index (κ1) is 13.3. The standard InChI is InChI=1S/C17H17O3P/c18-21(16-10-19-16,17-11-20-17)12-14-8-4-5-9-15(14)13-6-2-1-3-7-13/h1-9,16-17H,10-12H2. The van der Waals surface area contributed by atoms with Gasteiger partial charge in [-0.05, 0) is 16.7 Å². The van der Waals surface area contributed by atoms with Crippen LogP contribution in [0.15, 0.2) is 54.6 Å². The van der Waals surface area contributed by atoms with Crippen molar-refractivity contribution in [3.05, 3.63) is 60.2 Å². The molecule has 2 heterocycles. The van der Waals surface area contributed by atoms with Gasteiger partial charge in [-0.2, -0.15) is 0 Å². The largest absolute Gasteiger partial charge is 0.365 e. The zero-order chi connectivity index (χ0) is 14.3. The summed E-state index contributed by atoms with van der Waals surface area (Å²) in [6.07, 6.45) is 0.563. The van der Waals surface area contributed by atoms with Crippen molar-refractivity contribution in [2.24, 2.45) is 0 Å². The van der Waals surface area contributed by atoms with Crippen molar-refractivity contribution in [2.75, 3.05) is 13.2 Å². The average molecular weight is 300 g/mol. The van der Waals surface area contributed by atoms with Gasteiger partial charge in [0, 0.05) is 6.16 Å². The maximum atomic E-state index is 13.2. The van der Waals surface area contributed by atoms with Crippen molar-refractivity contribution in [3.8, 4) is 11.1 Å². The highest BCUT2D eigenvalue weighted by Crippen LogP contribution is 2.66. The minimum absolute atomic E-state index is 0.0890. The van der Waals surface area contributed by atoms with E-state index in [1.54, 1.807) is 0 Å². The van der Waals surface area contributed by atoms with Crippen molar-refractivity contribution < 1.29 is 14.0 Å². The van der Waals surface area contributed by atoms with E-state index in [1.165, 1.54) is 0 Å². The molecule has 0 N–H and O–H groups in total. The van der Waals surface area contributed by atoms with Gasteiger partial charge in [0.2, 0.25) is 0 Å². The minimum atomic E-state index is -2.45. The molecule has 108 valence electrons. The maximum Gasteiger partial charge on any atom is 0.151 e. The monoisotopic (exact) mass is 300 g/mol. The number of hydrogen-bond acceptors (Lipinski definition) is 3. The molecule has 0 saturated carbocycles. The van der Waals surface area contributed by atoms with Crippen LogP contribution in [0.25, 0.3) is 11.1 Å². The Hall–Kier alpha value is -1.41. The topological polar surface area (TPSA) is 42.1 Å². The molecule has 2 unspecified atom stereocenters. The summed E-state index contributed by atoms with van der Waals surface area (Å²) in [6.45, 7) is 1.23. The first-order valence-corrected chi connectivity index (χ1v) is 9.25. The van der Waals surface area contributed by atoms with Gasteiger partial charge < -0.3 is 14.0 Å². The van der Waals surface area contributed by atoms with Gasteiger partial charge in [-0.25, -0.2) is 0 Å². The van der Waals surface area contributed by atoms with Gasteiger partial charge in [0.1, 0.15) is 11.7 Å². The summed E-state index contributed by atoms with van der Waals surface area (Å²) in [5, 5.41) is 0. The molecule has 0 spiro atoms. The van der Waals surface area contributed by atoms with Crippen LogP contribution in [0.2, 0.25) is 0 Å². The predicted molar refractivity (Wildman–Crippen MR) is 82.7 cm³/mol. The van der Waals surface area contributed by atoms with Gasteiger partial charge in [-0.15, -0.1) is 0 Å². The van der Waals surface area contributed by atoms with Crippen molar-refractivity contribution in [1.29, 1.82) is 0 Å². The third kappa shape index (κ3) is 2.57.